The molecule has 0 aliphatic carbocycles. The third kappa shape index (κ3) is 4.03. The number of para-hydroxylation sites is 1. The van der Waals surface area contributed by atoms with E-state index in [9.17, 15) is 4.79 Å². The van der Waals surface area contributed by atoms with Gasteiger partial charge in [-0.05, 0) is 31.5 Å². The predicted molar refractivity (Wildman–Crippen MR) is 122 cm³/mol. The maximum atomic E-state index is 12.5. The summed E-state index contributed by atoms with van der Waals surface area (Å²) in [6.07, 6.45) is 2.08. The third-order valence-corrected chi connectivity index (χ3v) is 6.00. The average molecular weight is 420 g/mol. The van der Waals surface area contributed by atoms with Gasteiger partial charge in [0.05, 0.1) is 11.3 Å². The van der Waals surface area contributed by atoms with Crippen molar-refractivity contribution in [3.05, 3.63) is 54.1 Å². The number of carbonyl (C=O) groups excluding carboxylic acids is 1. The van der Waals surface area contributed by atoms with Gasteiger partial charge in [-0.1, -0.05) is 61.0 Å². The zero-order valence-corrected chi connectivity index (χ0v) is 18.3. The van der Waals surface area contributed by atoms with Crippen LogP contribution in [0.3, 0.4) is 0 Å². The fourth-order valence-corrected chi connectivity index (χ4v) is 4.26. The molecule has 7 heteroatoms. The van der Waals surface area contributed by atoms with Crippen LogP contribution < -0.4 is 0 Å². The Hall–Kier alpha value is -2.93. The number of rotatable bonds is 7. The van der Waals surface area contributed by atoms with Crippen molar-refractivity contribution in [2.75, 3.05) is 19.3 Å². The molecular formula is C23H25N5OS. The fraction of sp³-hybridized carbons (Fsp3) is 0.304. The van der Waals surface area contributed by atoms with E-state index in [1.165, 1.54) is 11.8 Å². The van der Waals surface area contributed by atoms with Gasteiger partial charge in [-0.25, -0.2) is 4.98 Å². The summed E-state index contributed by atoms with van der Waals surface area (Å²) in [6.45, 7) is 4.96. The van der Waals surface area contributed by atoms with Crippen molar-refractivity contribution in [2.24, 2.45) is 0 Å². The van der Waals surface area contributed by atoms with Gasteiger partial charge in [0.2, 0.25) is 5.91 Å². The molecule has 2 heterocycles. The maximum Gasteiger partial charge on any atom is 0.232 e. The summed E-state index contributed by atoms with van der Waals surface area (Å²) in [5.41, 5.74) is 3.79. The lowest BCUT2D eigenvalue weighted by Gasteiger charge is -2.16. The van der Waals surface area contributed by atoms with E-state index >= 15 is 0 Å². The highest BCUT2D eigenvalue weighted by Crippen LogP contribution is 2.29. The summed E-state index contributed by atoms with van der Waals surface area (Å²) in [4.78, 5) is 19.2. The van der Waals surface area contributed by atoms with Crippen molar-refractivity contribution in [2.45, 2.75) is 31.8 Å². The molecule has 0 saturated carbocycles. The minimum Gasteiger partial charge on any atom is -0.345 e. The van der Waals surface area contributed by atoms with Crippen molar-refractivity contribution in [3.63, 3.8) is 0 Å². The van der Waals surface area contributed by atoms with Crippen LogP contribution in [-0.2, 0) is 4.79 Å². The highest BCUT2D eigenvalue weighted by molar-refractivity contribution is 7.99. The maximum absolute atomic E-state index is 12.5. The van der Waals surface area contributed by atoms with Crippen LogP contribution in [0.25, 0.3) is 27.9 Å². The summed E-state index contributed by atoms with van der Waals surface area (Å²) >= 11 is 1.41. The second-order valence-corrected chi connectivity index (χ2v) is 8.36. The first-order valence-corrected chi connectivity index (χ1v) is 11.1. The number of carbonyl (C=O) groups is 1. The molecule has 4 rings (SSSR count). The normalized spacial score (nSPS) is 11.3. The number of aryl methyl sites for hydroxylation is 1. The Morgan fingerprint density at radius 3 is 2.77 bits per heavy atom. The van der Waals surface area contributed by atoms with Crippen molar-refractivity contribution >= 4 is 34.2 Å². The number of hydrogen-bond acceptors (Lipinski definition) is 5. The molecule has 0 bridgehead atoms. The van der Waals surface area contributed by atoms with E-state index in [4.69, 9.17) is 4.98 Å². The molecule has 0 radical (unpaired) electrons. The number of thioether (sulfide) groups is 1. The Morgan fingerprint density at radius 1 is 1.13 bits per heavy atom. The summed E-state index contributed by atoms with van der Waals surface area (Å²) in [7, 11) is 1.85. The van der Waals surface area contributed by atoms with E-state index in [1.54, 1.807) is 4.90 Å². The predicted octanol–water partition coefficient (Wildman–Crippen LogP) is 4.60. The molecule has 0 unspecified atom stereocenters. The fourth-order valence-electron chi connectivity index (χ4n) is 3.39. The number of aromatic nitrogens is 4. The Kier molecular flexibility index (Phi) is 5.99. The van der Waals surface area contributed by atoms with Gasteiger partial charge < -0.3 is 4.90 Å². The lowest BCUT2D eigenvalue weighted by atomic mass is 10.1. The van der Waals surface area contributed by atoms with E-state index in [2.05, 4.69) is 36.2 Å². The molecule has 0 N–H and O–H groups in total. The topological polar surface area (TPSA) is 63.4 Å². The highest BCUT2D eigenvalue weighted by Gasteiger charge is 2.18. The smallest absolute Gasteiger partial charge is 0.232 e. The average Bonchev–Trinajstić information content (AvgIpc) is 3.19. The van der Waals surface area contributed by atoms with Gasteiger partial charge in [0, 0.05) is 24.5 Å². The number of fused-ring (bicyclic) bond motifs is 3. The Morgan fingerprint density at radius 2 is 1.97 bits per heavy atom. The van der Waals surface area contributed by atoms with Crippen molar-refractivity contribution in [1.29, 1.82) is 0 Å². The summed E-state index contributed by atoms with van der Waals surface area (Å²) in [5, 5.41) is 10.5. The van der Waals surface area contributed by atoms with Crippen LogP contribution in [0.1, 0.15) is 25.3 Å². The van der Waals surface area contributed by atoms with Crippen molar-refractivity contribution in [1.82, 2.24) is 24.5 Å². The molecule has 0 aliphatic rings. The van der Waals surface area contributed by atoms with Gasteiger partial charge in [-0.15, -0.1) is 10.2 Å². The van der Waals surface area contributed by atoms with Crippen LogP contribution in [0.5, 0.6) is 0 Å². The van der Waals surface area contributed by atoms with Crippen LogP contribution in [0.15, 0.2) is 53.7 Å². The van der Waals surface area contributed by atoms with Crippen LogP contribution in [0.4, 0.5) is 0 Å². The lowest BCUT2D eigenvalue weighted by molar-refractivity contribution is -0.127. The quantitative estimate of drug-likeness (QED) is 0.410. The lowest BCUT2D eigenvalue weighted by Crippen LogP contribution is -2.29. The minimum absolute atomic E-state index is 0.0936. The first kappa shape index (κ1) is 20.3. The molecule has 0 spiro atoms. The molecule has 2 aromatic heterocycles. The van der Waals surface area contributed by atoms with Crippen LogP contribution in [0, 0.1) is 6.92 Å². The standard InChI is InChI=1S/C23H25N5OS/c1-4-5-13-27(3)20(29)15-30-23-26-25-22-18-11-6-7-12-19(18)24-21(28(22)23)17-10-8-9-16(2)14-17/h6-12,14H,4-5,13,15H2,1-3H3. The number of unbranched alkanes of at least 4 members (excludes halogenated alkanes) is 1. The van der Waals surface area contributed by atoms with Crippen molar-refractivity contribution in [3.8, 4) is 11.4 Å². The Labute approximate surface area is 180 Å². The molecule has 2 aromatic carbocycles. The zero-order chi connectivity index (χ0) is 21.1. The molecule has 154 valence electrons. The molecule has 0 aliphatic heterocycles. The van der Waals surface area contributed by atoms with Gasteiger partial charge >= 0.3 is 0 Å². The van der Waals surface area contributed by atoms with E-state index in [0.717, 1.165) is 52.9 Å². The molecular weight excluding hydrogens is 394 g/mol. The molecule has 0 atom stereocenters. The highest BCUT2D eigenvalue weighted by atomic mass is 32.2. The van der Waals surface area contributed by atoms with Gasteiger partial charge in [0.15, 0.2) is 10.8 Å². The van der Waals surface area contributed by atoms with Crippen molar-refractivity contribution < 1.29 is 4.79 Å². The Balaban J connectivity index is 1.76. The molecule has 0 fully saturated rings. The number of nitrogens with zero attached hydrogens (tertiary/aromatic N) is 5. The molecule has 6 nitrogen and oxygen atoms in total. The van der Waals surface area contributed by atoms with Crippen LogP contribution >= 0.6 is 11.8 Å². The first-order valence-electron chi connectivity index (χ1n) is 10.2. The van der Waals surface area contributed by atoms with E-state index < -0.39 is 0 Å². The molecule has 0 saturated heterocycles. The molecule has 4 aromatic rings. The van der Waals surface area contributed by atoms with E-state index in [1.807, 2.05) is 47.8 Å². The van der Waals surface area contributed by atoms with Gasteiger partial charge in [-0.3, -0.25) is 9.20 Å². The summed E-state index contributed by atoms with van der Waals surface area (Å²) in [6, 6.07) is 16.2. The van der Waals surface area contributed by atoms with Crippen LogP contribution in [0.2, 0.25) is 0 Å². The van der Waals surface area contributed by atoms with Crippen LogP contribution in [-0.4, -0.2) is 49.7 Å². The number of hydrogen-bond donors (Lipinski definition) is 0. The van der Waals surface area contributed by atoms with E-state index in [-0.39, 0.29) is 5.91 Å². The number of amides is 1. The van der Waals surface area contributed by atoms with Gasteiger partial charge in [0.25, 0.3) is 0 Å². The molecule has 30 heavy (non-hydrogen) atoms. The third-order valence-electron chi connectivity index (χ3n) is 5.09. The first-order chi connectivity index (χ1) is 14.6. The second-order valence-electron chi connectivity index (χ2n) is 7.42. The summed E-state index contributed by atoms with van der Waals surface area (Å²) in [5.74, 6) is 1.20. The van der Waals surface area contributed by atoms with Gasteiger partial charge in [-0.2, -0.15) is 0 Å². The van der Waals surface area contributed by atoms with E-state index in [0.29, 0.717) is 10.9 Å². The minimum atomic E-state index is 0.0936. The van der Waals surface area contributed by atoms with Gasteiger partial charge in [0.1, 0.15) is 5.82 Å². The Bertz CT molecular complexity index is 1200. The summed E-state index contributed by atoms with van der Waals surface area (Å²) < 4.78 is 1.97. The zero-order valence-electron chi connectivity index (χ0n) is 17.5. The monoisotopic (exact) mass is 419 g/mol. The molecule has 1 amide bonds. The SMILES string of the molecule is CCCCN(C)C(=O)CSc1nnc2c3ccccc3nc(-c3cccc(C)c3)n12. The largest absolute Gasteiger partial charge is 0.345 e. The second kappa shape index (κ2) is 8.83. The number of benzene rings is 2.